The van der Waals surface area contributed by atoms with Gasteiger partial charge in [-0.05, 0) is 50.2 Å². The molecule has 0 radical (unpaired) electrons. The second-order valence-electron chi connectivity index (χ2n) is 4.55. The molecule has 0 saturated heterocycles. The summed E-state index contributed by atoms with van der Waals surface area (Å²) in [6.45, 7) is 3.80. The molecule has 1 aromatic heterocycles. The minimum absolute atomic E-state index is 0.279. The molecule has 0 saturated carbocycles. The normalized spacial score (nSPS) is 12.5. The standard InChI is InChI=1S/C15H16F2N2/c1-9-4-5-14(10(2)19-9)15(18-3)11-6-12(16)8-13(17)7-11/h4-8,15,18H,1-3H3. The fourth-order valence-corrected chi connectivity index (χ4v) is 2.25. The number of benzene rings is 1. The summed E-state index contributed by atoms with van der Waals surface area (Å²) >= 11 is 0. The lowest BCUT2D eigenvalue weighted by Crippen LogP contribution is -2.19. The average Bonchev–Trinajstić information content (AvgIpc) is 2.31. The Morgan fingerprint density at radius 1 is 1.05 bits per heavy atom. The Morgan fingerprint density at radius 2 is 1.68 bits per heavy atom. The van der Waals surface area contributed by atoms with E-state index < -0.39 is 11.6 Å². The molecule has 19 heavy (non-hydrogen) atoms. The summed E-state index contributed by atoms with van der Waals surface area (Å²) in [7, 11) is 1.76. The molecule has 2 aromatic rings. The van der Waals surface area contributed by atoms with E-state index in [0.717, 1.165) is 23.0 Å². The maximum absolute atomic E-state index is 13.3. The zero-order valence-electron chi connectivity index (χ0n) is 11.2. The van der Waals surface area contributed by atoms with Crippen LogP contribution in [0.4, 0.5) is 8.78 Å². The van der Waals surface area contributed by atoms with Crippen LogP contribution in [0.1, 0.15) is 28.6 Å². The average molecular weight is 262 g/mol. The van der Waals surface area contributed by atoms with Gasteiger partial charge < -0.3 is 5.32 Å². The van der Waals surface area contributed by atoms with Crippen molar-refractivity contribution < 1.29 is 8.78 Å². The van der Waals surface area contributed by atoms with E-state index in [1.807, 2.05) is 26.0 Å². The number of pyridine rings is 1. The molecule has 2 rings (SSSR count). The summed E-state index contributed by atoms with van der Waals surface area (Å²) in [4.78, 5) is 4.39. The summed E-state index contributed by atoms with van der Waals surface area (Å²) in [5.41, 5.74) is 3.23. The topological polar surface area (TPSA) is 24.9 Å². The minimum Gasteiger partial charge on any atom is -0.309 e. The predicted octanol–water partition coefficient (Wildman–Crippen LogP) is 3.29. The van der Waals surface area contributed by atoms with Crippen molar-refractivity contribution in [1.82, 2.24) is 10.3 Å². The van der Waals surface area contributed by atoms with Gasteiger partial charge in [-0.25, -0.2) is 8.78 Å². The summed E-state index contributed by atoms with van der Waals surface area (Å²) in [6.07, 6.45) is 0. The van der Waals surface area contributed by atoms with Gasteiger partial charge in [0.15, 0.2) is 0 Å². The van der Waals surface area contributed by atoms with Gasteiger partial charge >= 0.3 is 0 Å². The third kappa shape index (κ3) is 2.96. The van der Waals surface area contributed by atoms with Crippen molar-refractivity contribution in [3.05, 3.63) is 64.5 Å². The highest BCUT2D eigenvalue weighted by Gasteiger charge is 2.16. The van der Waals surface area contributed by atoms with E-state index in [1.165, 1.54) is 12.1 Å². The molecular formula is C15H16F2N2. The second kappa shape index (κ2) is 5.45. The van der Waals surface area contributed by atoms with Crippen LogP contribution in [-0.2, 0) is 0 Å². The van der Waals surface area contributed by atoms with E-state index in [9.17, 15) is 8.78 Å². The van der Waals surface area contributed by atoms with Crippen LogP contribution in [0.25, 0.3) is 0 Å². The molecule has 1 atom stereocenters. The lowest BCUT2D eigenvalue weighted by Gasteiger charge is -2.19. The highest BCUT2D eigenvalue weighted by Crippen LogP contribution is 2.25. The maximum Gasteiger partial charge on any atom is 0.126 e. The van der Waals surface area contributed by atoms with Gasteiger partial charge in [-0.3, -0.25) is 4.98 Å². The Kier molecular flexibility index (Phi) is 3.90. The molecule has 100 valence electrons. The Labute approximate surface area is 111 Å². The Morgan fingerprint density at radius 3 is 2.21 bits per heavy atom. The molecule has 1 unspecified atom stereocenters. The van der Waals surface area contributed by atoms with Gasteiger partial charge in [-0.15, -0.1) is 0 Å². The predicted molar refractivity (Wildman–Crippen MR) is 71.0 cm³/mol. The van der Waals surface area contributed by atoms with Crippen LogP contribution >= 0.6 is 0 Å². The zero-order valence-corrected chi connectivity index (χ0v) is 11.2. The number of nitrogens with one attached hydrogen (secondary N) is 1. The lowest BCUT2D eigenvalue weighted by atomic mass is 9.97. The lowest BCUT2D eigenvalue weighted by molar-refractivity contribution is 0.571. The highest BCUT2D eigenvalue weighted by atomic mass is 19.1. The largest absolute Gasteiger partial charge is 0.309 e. The summed E-state index contributed by atoms with van der Waals surface area (Å²) < 4.78 is 26.6. The summed E-state index contributed by atoms with van der Waals surface area (Å²) in [6, 6.07) is 7.09. The highest BCUT2D eigenvalue weighted by molar-refractivity contribution is 5.35. The number of rotatable bonds is 3. The molecule has 0 aliphatic rings. The van der Waals surface area contributed by atoms with Crippen molar-refractivity contribution >= 4 is 0 Å². The second-order valence-corrected chi connectivity index (χ2v) is 4.55. The number of nitrogens with zero attached hydrogens (tertiary/aromatic N) is 1. The molecule has 0 spiro atoms. The molecule has 0 aliphatic carbocycles. The fourth-order valence-electron chi connectivity index (χ4n) is 2.25. The molecule has 1 N–H and O–H groups in total. The third-order valence-corrected chi connectivity index (χ3v) is 3.08. The molecule has 0 amide bonds. The van der Waals surface area contributed by atoms with Gasteiger partial charge in [0.2, 0.25) is 0 Å². The van der Waals surface area contributed by atoms with Gasteiger partial charge in [0.25, 0.3) is 0 Å². The van der Waals surface area contributed by atoms with Crippen molar-refractivity contribution in [2.24, 2.45) is 0 Å². The fraction of sp³-hybridized carbons (Fsp3) is 0.267. The first kappa shape index (κ1) is 13.6. The number of halogens is 2. The van der Waals surface area contributed by atoms with Crippen molar-refractivity contribution in [2.45, 2.75) is 19.9 Å². The van der Waals surface area contributed by atoms with Crippen LogP contribution in [0.5, 0.6) is 0 Å². The molecule has 0 aliphatic heterocycles. The van der Waals surface area contributed by atoms with Crippen molar-refractivity contribution in [3.63, 3.8) is 0 Å². The molecular weight excluding hydrogens is 246 g/mol. The van der Waals surface area contributed by atoms with Gasteiger partial charge in [0.05, 0.1) is 6.04 Å². The van der Waals surface area contributed by atoms with Crippen LogP contribution in [0.3, 0.4) is 0 Å². The Bertz CT molecular complexity index is 576. The first-order chi connectivity index (χ1) is 9.01. The number of hydrogen-bond acceptors (Lipinski definition) is 2. The molecule has 0 fully saturated rings. The molecule has 2 nitrogen and oxygen atoms in total. The van der Waals surface area contributed by atoms with E-state index in [4.69, 9.17) is 0 Å². The van der Waals surface area contributed by atoms with Gasteiger partial charge in [0.1, 0.15) is 11.6 Å². The van der Waals surface area contributed by atoms with Crippen LogP contribution in [0.15, 0.2) is 30.3 Å². The van der Waals surface area contributed by atoms with Crippen LogP contribution in [0.2, 0.25) is 0 Å². The zero-order chi connectivity index (χ0) is 14.0. The van der Waals surface area contributed by atoms with Crippen molar-refractivity contribution in [3.8, 4) is 0 Å². The van der Waals surface area contributed by atoms with E-state index in [2.05, 4.69) is 10.3 Å². The van der Waals surface area contributed by atoms with Crippen molar-refractivity contribution in [2.75, 3.05) is 7.05 Å². The SMILES string of the molecule is CNC(c1cc(F)cc(F)c1)c1ccc(C)nc1C. The monoisotopic (exact) mass is 262 g/mol. The summed E-state index contributed by atoms with van der Waals surface area (Å²) in [5, 5.41) is 3.08. The van der Waals surface area contributed by atoms with E-state index in [1.54, 1.807) is 7.05 Å². The van der Waals surface area contributed by atoms with Gasteiger partial charge in [-0.2, -0.15) is 0 Å². The van der Waals surface area contributed by atoms with Crippen LogP contribution < -0.4 is 5.32 Å². The molecule has 1 aromatic carbocycles. The number of aromatic nitrogens is 1. The number of hydrogen-bond donors (Lipinski definition) is 1. The molecule has 4 heteroatoms. The van der Waals surface area contributed by atoms with E-state index in [-0.39, 0.29) is 6.04 Å². The minimum atomic E-state index is -0.576. The van der Waals surface area contributed by atoms with Gasteiger partial charge in [-0.1, -0.05) is 6.07 Å². The quantitative estimate of drug-likeness (QED) is 0.918. The Balaban J connectivity index is 2.49. The maximum atomic E-state index is 13.3. The molecule has 0 bridgehead atoms. The number of aryl methyl sites for hydroxylation is 2. The van der Waals surface area contributed by atoms with Crippen LogP contribution in [0, 0.1) is 25.5 Å². The van der Waals surface area contributed by atoms with Gasteiger partial charge in [0, 0.05) is 17.5 Å². The smallest absolute Gasteiger partial charge is 0.126 e. The molecule has 1 heterocycles. The third-order valence-electron chi connectivity index (χ3n) is 3.08. The van der Waals surface area contributed by atoms with E-state index in [0.29, 0.717) is 5.56 Å². The van der Waals surface area contributed by atoms with Crippen LogP contribution in [-0.4, -0.2) is 12.0 Å². The summed E-state index contributed by atoms with van der Waals surface area (Å²) in [5.74, 6) is -1.15. The Hall–Kier alpha value is -1.81. The van der Waals surface area contributed by atoms with E-state index >= 15 is 0 Å². The van der Waals surface area contributed by atoms with Crippen molar-refractivity contribution in [1.29, 1.82) is 0 Å². The first-order valence-corrected chi connectivity index (χ1v) is 6.08. The first-order valence-electron chi connectivity index (χ1n) is 6.08.